The molecule has 0 bridgehead atoms. The van der Waals surface area contributed by atoms with Crippen LogP contribution in [0, 0.1) is 11.3 Å². The maximum absolute atomic E-state index is 9.38. The molecule has 200 valence electrons. The van der Waals surface area contributed by atoms with E-state index in [4.69, 9.17) is 19.4 Å². The molecule has 0 fully saturated rings. The minimum absolute atomic E-state index is 0.103. The monoisotopic (exact) mass is 532 g/mol. The van der Waals surface area contributed by atoms with E-state index >= 15 is 0 Å². The highest BCUT2D eigenvalue weighted by atomic mass is 16.5. The zero-order valence-electron chi connectivity index (χ0n) is 22.2. The van der Waals surface area contributed by atoms with Crippen molar-refractivity contribution in [3.05, 3.63) is 102 Å². The van der Waals surface area contributed by atoms with Gasteiger partial charge >= 0.3 is 0 Å². The molecule has 0 aliphatic heterocycles. The summed E-state index contributed by atoms with van der Waals surface area (Å²) >= 11 is 0. The Morgan fingerprint density at radius 1 is 0.925 bits per heavy atom. The highest BCUT2D eigenvalue weighted by Crippen LogP contribution is 2.25. The molecule has 0 saturated heterocycles. The van der Waals surface area contributed by atoms with Gasteiger partial charge in [-0.05, 0) is 49.4 Å². The summed E-state index contributed by atoms with van der Waals surface area (Å²) in [7, 11) is 1.66. The van der Waals surface area contributed by atoms with Crippen molar-refractivity contribution in [2.45, 2.75) is 19.6 Å². The third-order valence-electron chi connectivity index (χ3n) is 6.13. The standard InChI is InChI=1S/C30H28N8O2/c1-21(39-2)26-13-7-10-24(33-26)19-38-20-29(36-37-38)28-17-27(23-9-6-8-22(16-23)18-31)34-30(35-28)32-14-15-40-25-11-4-3-5-12-25/h3-13,16-17,20-21H,14-15,19H2,1-2H3,(H,32,34,35). The lowest BCUT2D eigenvalue weighted by Gasteiger charge is -2.10. The number of rotatable bonds is 11. The lowest BCUT2D eigenvalue weighted by Crippen LogP contribution is -2.14. The van der Waals surface area contributed by atoms with E-state index in [1.54, 1.807) is 23.9 Å². The van der Waals surface area contributed by atoms with Gasteiger partial charge in [0.05, 0.1) is 59.8 Å². The van der Waals surface area contributed by atoms with Crippen LogP contribution in [0.3, 0.4) is 0 Å². The van der Waals surface area contributed by atoms with E-state index in [9.17, 15) is 5.26 Å². The van der Waals surface area contributed by atoms with E-state index in [-0.39, 0.29) is 6.10 Å². The topological polar surface area (TPSA) is 124 Å². The maximum atomic E-state index is 9.38. The number of hydrogen-bond acceptors (Lipinski definition) is 9. The number of methoxy groups -OCH3 is 1. The van der Waals surface area contributed by atoms with E-state index in [1.165, 1.54) is 0 Å². The number of aromatic nitrogens is 6. The van der Waals surface area contributed by atoms with Crippen molar-refractivity contribution < 1.29 is 9.47 Å². The lowest BCUT2D eigenvalue weighted by molar-refractivity contribution is 0.116. The minimum atomic E-state index is -0.103. The fraction of sp³-hybridized carbons (Fsp3) is 0.200. The summed E-state index contributed by atoms with van der Waals surface area (Å²) in [4.78, 5) is 14.1. The van der Waals surface area contributed by atoms with Crippen LogP contribution in [0.1, 0.15) is 30.0 Å². The van der Waals surface area contributed by atoms with E-state index in [0.29, 0.717) is 48.3 Å². The first-order chi connectivity index (χ1) is 19.6. The van der Waals surface area contributed by atoms with Gasteiger partial charge in [-0.3, -0.25) is 4.98 Å². The number of nitrogens with zero attached hydrogens (tertiary/aromatic N) is 7. The highest BCUT2D eigenvalue weighted by Gasteiger charge is 2.13. The third-order valence-corrected chi connectivity index (χ3v) is 6.13. The quantitative estimate of drug-likeness (QED) is 0.236. The van der Waals surface area contributed by atoms with Crippen LogP contribution in [0.15, 0.2) is 85.1 Å². The van der Waals surface area contributed by atoms with Crippen LogP contribution < -0.4 is 10.1 Å². The number of ether oxygens (including phenoxy) is 2. The van der Waals surface area contributed by atoms with Gasteiger partial charge in [-0.15, -0.1) is 5.10 Å². The predicted octanol–water partition coefficient (Wildman–Crippen LogP) is 4.92. The molecular weight excluding hydrogens is 504 g/mol. The Labute approximate surface area is 232 Å². The SMILES string of the molecule is COC(C)c1cccc(Cn2cc(-c3cc(-c4cccc(C#N)c4)nc(NCCOc4ccccc4)n3)nn2)n1. The van der Waals surface area contributed by atoms with Crippen molar-refractivity contribution in [3.8, 4) is 34.5 Å². The van der Waals surface area contributed by atoms with Gasteiger partial charge in [0.2, 0.25) is 5.95 Å². The summed E-state index contributed by atoms with van der Waals surface area (Å²) in [6.07, 6.45) is 1.73. The Bertz CT molecular complexity index is 1610. The molecule has 0 radical (unpaired) electrons. The van der Waals surface area contributed by atoms with E-state index in [2.05, 4.69) is 26.7 Å². The lowest BCUT2D eigenvalue weighted by atomic mass is 10.1. The van der Waals surface area contributed by atoms with Crippen molar-refractivity contribution in [3.63, 3.8) is 0 Å². The van der Waals surface area contributed by atoms with E-state index in [1.807, 2.05) is 79.9 Å². The van der Waals surface area contributed by atoms with Crippen molar-refractivity contribution >= 4 is 5.95 Å². The summed E-state index contributed by atoms with van der Waals surface area (Å²) in [5.74, 6) is 1.21. The van der Waals surface area contributed by atoms with Gasteiger partial charge in [0.1, 0.15) is 18.1 Å². The Balaban J connectivity index is 1.38. The van der Waals surface area contributed by atoms with Crippen molar-refractivity contribution in [1.82, 2.24) is 29.9 Å². The Morgan fingerprint density at radius 3 is 2.58 bits per heavy atom. The number of anilines is 1. The number of pyridine rings is 1. The molecule has 0 saturated carbocycles. The first kappa shape index (κ1) is 26.5. The molecule has 0 aliphatic rings. The first-order valence-corrected chi connectivity index (χ1v) is 12.8. The molecule has 10 nitrogen and oxygen atoms in total. The van der Waals surface area contributed by atoms with Gasteiger partial charge in [0.15, 0.2) is 0 Å². The van der Waals surface area contributed by atoms with Crippen molar-refractivity contribution in [1.29, 1.82) is 5.26 Å². The number of hydrogen-bond donors (Lipinski definition) is 1. The van der Waals surface area contributed by atoms with Gasteiger partial charge in [0, 0.05) is 12.7 Å². The summed E-state index contributed by atoms with van der Waals surface area (Å²) in [5.41, 5.74) is 4.89. The highest BCUT2D eigenvalue weighted by molar-refractivity contribution is 5.68. The molecule has 0 amide bonds. The molecule has 2 aromatic carbocycles. The zero-order valence-corrected chi connectivity index (χ0v) is 22.2. The average Bonchev–Trinajstić information content (AvgIpc) is 3.48. The molecule has 3 aromatic heterocycles. The summed E-state index contributed by atoms with van der Waals surface area (Å²) in [6.45, 7) is 3.32. The van der Waals surface area contributed by atoms with Crippen molar-refractivity contribution in [2.75, 3.05) is 25.6 Å². The van der Waals surface area contributed by atoms with Crippen LogP contribution in [0.4, 0.5) is 5.95 Å². The molecule has 5 aromatic rings. The van der Waals surface area contributed by atoms with E-state index in [0.717, 1.165) is 22.7 Å². The van der Waals surface area contributed by atoms with Crippen molar-refractivity contribution in [2.24, 2.45) is 0 Å². The molecule has 1 atom stereocenters. The summed E-state index contributed by atoms with van der Waals surface area (Å²) < 4.78 is 12.9. The Morgan fingerprint density at radius 2 is 1.75 bits per heavy atom. The minimum Gasteiger partial charge on any atom is -0.492 e. The second-order valence-electron chi connectivity index (χ2n) is 8.98. The third kappa shape index (κ3) is 6.64. The second kappa shape index (κ2) is 12.6. The molecule has 1 N–H and O–H groups in total. The fourth-order valence-corrected chi connectivity index (χ4v) is 3.99. The van der Waals surface area contributed by atoms with Gasteiger partial charge in [-0.1, -0.05) is 41.6 Å². The largest absolute Gasteiger partial charge is 0.492 e. The molecule has 3 heterocycles. The van der Waals surface area contributed by atoms with Gasteiger partial charge in [0.25, 0.3) is 0 Å². The molecular formula is C30H28N8O2. The average molecular weight is 533 g/mol. The van der Waals surface area contributed by atoms with Crippen LogP contribution in [-0.2, 0) is 11.3 Å². The zero-order chi connectivity index (χ0) is 27.7. The molecule has 1 unspecified atom stereocenters. The van der Waals surface area contributed by atoms with Gasteiger partial charge in [-0.2, -0.15) is 5.26 Å². The van der Waals surface area contributed by atoms with Crippen LogP contribution in [-0.4, -0.2) is 50.2 Å². The van der Waals surface area contributed by atoms with Crippen LogP contribution in [0.25, 0.3) is 22.6 Å². The molecule has 10 heteroatoms. The van der Waals surface area contributed by atoms with Crippen LogP contribution >= 0.6 is 0 Å². The smallest absolute Gasteiger partial charge is 0.223 e. The van der Waals surface area contributed by atoms with Crippen LogP contribution in [0.5, 0.6) is 5.75 Å². The van der Waals surface area contributed by atoms with Gasteiger partial charge < -0.3 is 14.8 Å². The molecule has 0 aliphatic carbocycles. The summed E-state index contributed by atoms with van der Waals surface area (Å²) in [6, 6.07) is 26.8. The predicted molar refractivity (Wildman–Crippen MR) is 150 cm³/mol. The number of benzene rings is 2. The first-order valence-electron chi connectivity index (χ1n) is 12.8. The molecule has 40 heavy (non-hydrogen) atoms. The second-order valence-corrected chi connectivity index (χ2v) is 8.98. The Hall–Kier alpha value is -5.14. The normalized spacial score (nSPS) is 11.5. The maximum Gasteiger partial charge on any atom is 0.223 e. The van der Waals surface area contributed by atoms with E-state index < -0.39 is 0 Å². The van der Waals surface area contributed by atoms with Crippen LogP contribution in [0.2, 0.25) is 0 Å². The number of para-hydroxylation sites is 1. The number of nitrogens with one attached hydrogen (secondary N) is 1. The Kier molecular flexibility index (Phi) is 8.34. The molecule has 0 spiro atoms. The number of nitriles is 1. The van der Waals surface area contributed by atoms with Gasteiger partial charge in [-0.25, -0.2) is 14.6 Å². The molecule has 5 rings (SSSR count). The summed E-state index contributed by atoms with van der Waals surface area (Å²) in [5, 5.41) is 21.3. The fourth-order valence-electron chi connectivity index (χ4n) is 3.99.